The van der Waals surface area contributed by atoms with Crippen LogP contribution in [0.5, 0.6) is 0 Å². The van der Waals surface area contributed by atoms with Gasteiger partial charge < -0.3 is 4.90 Å². The zero-order valence-electron chi connectivity index (χ0n) is 13.2. The van der Waals surface area contributed by atoms with Crippen molar-refractivity contribution < 1.29 is 13.2 Å². The number of carbonyl (C=O) groups excluding carboxylic acids is 1. The number of carbonyl (C=O) groups is 1. The van der Waals surface area contributed by atoms with Crippen LogP contribution in [0.1, 0.15) is 18.4 Å². The summed E-state index contributed by atoms with van der Waals surface area (Å²) in [4.78, 5) is 13.5. The van der Waals surface area contributed by atoms with Gasteiger partial charge in [-0.3, -0.25) is 4.79 Å². The number of nitrogens with zero attached hydrogens (tertiary/aromatic N) is 1. The number of hydrogen-bond acceptors (Lipinski definition) is 3. The lowest BCUT2D eigenvalue weighted by atomic mass is 10.2. The van der Waals surface area contributed by atoms with Crippen LogP contribution in [0.25, 0.3) is 0 Å². The quantitative estimate of drug-likeness (QED) is 0.836. The van der Waals surface area contributed by atoms with Crippen molar-refractivity contribution in [2.45, 2.75) is 24.3 Å². The van der Waals surface area contributed by atoms with Gasteiger partial charge in [0.15, 0.2) is 0 Å². The highest BCUT2D eigenvalue weighted by atomic mass is 35.5. The van der Waals surface area contributed by atoms with E-state index in [1.807, 2.05) is 12.1 Å². The Labute approximate surface area is 156 Å². The molecule has 1 fully saturated rings. The molecule has 1 aliphatic heterocycles. The molecule has 0 bridgehead atoms. The highest BCUT2D eigenvalue weighted by molar-refractivity contribution is 7.89. The molecule has 0 saturated carbocycles. The summed E-state index contributed by atoms with van der Waals surface area (Å²) >= 11 is 11.7. The average Bonchev–Trinajstić information content (AvgIpc) is 3.02. The first-order valence-corrected chi connectivity index (χ1v) is 9.95. The minimum Gasteiger partial charge on any atom is -0.312 e. The Hall–Kier alpha value is -1.60. The Morgan fingerprint density at radius 1 is 1.04 bits per heavy atom. The highest BCUT2D eigenvalue weighted by Crippen LogP contribution is 2.25. The third kappa shape index (κ3) is 4.15. The molecule has 0 radical (unpaired) electrons. The van der Waals surface area contributed by atoms with Crippen molar-refractivity contribution in [3.8, 4) is 0 Å². The molecule has 1 aliphatic rings. The number of nitrogens with one attached hydrogen (secondary N) is 1. The summed E-state index contributed by atoms with van der Waals surface area (Å²) in [5, 5.41) is 0.483. The SMILES string of the molecule is O=C1CCCN1c1ccc(CNS(=O)(=O)c2ccc(Cl)c(Cl)c2)cc1. The number of halogens is 2. The van der Waals surface area contributed by atoms with Gasteiger partial charge in [0.2, 0.25) is 15.9 Å². The molecule has 132 valence electrons. The Bertz CT molecular complexity index is 899. The fraction of sp³-hybridized carbons (Fsp3) is 0.235. The number of benzene rings is 2. The summed E-state index contributed by atoms with van der Waals surface area (Å²) in [5.74, 6) is 0.119. The zero-order valence-corrected chi connectivity index (χ0v) is 15.5. The van der Waals surface area contributed by atoms with E-state index in [9.17, 15) is 13.2 Å². The van der Waals surface area contributed by atoms with Gasteiger partial charge in [0.25, 0.3) is 0 Å². The van der Waals surface area contributed by atoms with E-state index in [4.69, 9.17) is 23.2 Å². The predicted molar refractivity (Wildman–Crippen MR) is 98.5 cm³/mol. The number of sulfonamides is 1. The lowest BCUT2D eigenvalue weighted by molar-refractivity contribution is -0.117. The van der Waals surface area contributed by atoms with Crippen LogP contribution in [0.2, 0.25) is 10.0 Å². The molecule has 1 saturated heterocycles. The minimum atomic E-state index is -3.69. The van der Waals surface area contributed by atoms with Gasteiger partial charge in [-0.25, -0.2) is 13.1 Å². The van der Waals surface area contributed by atoms with Crippen molar-refractivity contribution in [2.24, 2.45) is 0 Å². The molecule has 1 amide bonds. The summed E-state index contributed by atoms with van der Waals surface area (Å²) in [5.41, 5.74) is 1.62. The molecule has 0 unspecified atom stereocenters. The predicted octanol–water partition coefficient (Wildman–Crippen LogP) is 3.60. The summed E-state index contributed by atoms with van der Waals surface area (Å²) in [7, 11) is -3.69. The Balaban J connectivity index is 1.68. The molecule has 2 aromatic rings. The molecule has 0 aliphatic carbocycles. The van der Waals surface area contributed by atoms with Crippen molar-refractivity contribution in [3.05, 3.63) is 58.1 Å². The van der Waals surface area contributed by atoms with Crippen LogP contribution in [0.3, 0.4) is 0 Å². The van der Waals surface area contributed by atoms with Crippen LogP contribution in [0.15, 0.2) is 47.4 Å². The van der Waals surface area contributed by atoms with Crippen LogP contribution < -0.4 is 9.62 Å². The first-order chi connectivity index (χ1) is 11.9. The molecular formula is C17H16Cl2N2O3S. The average molecular weight is 399 g/mol. The van der Waals surface area contributed by atoms with Crippen LogP contribution >= 0.6 is 23.2 Å². The third-order valence-corrected chi connectivity index (χ3v) is 6.13. The summed E-state index contributed by atoms with van der Waals surface area (Å²) in [6.07, 6.45) is 1.44. The van der Waals surface area contributed by atoms with Crippen molar-refractivity contribution in [1.82, 2.24) is 4.72 Å². The van der Waals surface area contributed by atoms with E-state index in [1.54, 1.807) is 17.0 Å². The van der Waals surface area contributed by atoms with Gasteiger partial charge in [0, 0.05) is 25.2 Å². The molecule has 1 N–H and O–H groups in total. The van der Waals surface area contributed by atoms with E-state index < -0.39 is 10.0 Å². The van der Waals surface area contributed by atoms with Crippen molar-refractivity contribution in [3.63, 3.8) is 0 Å². The molecule has 8 heteroatoms. The zero-order chi connectivity index (χ0) is 18.0. The van der Waals surface area contributed by atoms with Crippen molar-refractivity contribution in [1.29, 1.82) is 0 Å². The van der Waals surface area contributed by atoms with E-state index >= 15 is 0 Å². The normalized spacial score (nSPS) is 15.0. The fourth-order valence-corrected chi connectivity index (χ4v) is 4.03. The van der Waals surface area contributed by atoms with Gasteiger partial charge in [-0.1, -0.05) is 35.3 Å². The van der Waals surface area contributed by atoms with E-state index in [0.717, 1.165) is 24.2 Å². The van der Waals surface area contributed by atoms with Crippen LogP contribution in [0, 0.1) is 0 Å². The maximum atomic E-state index is 12.3. The van der Waals surface area contributed by atoms with E-state index in [1.165, 1.54) is 18.2 Å². The molecule has 3 rings (SSSR count). The van der Waals surface area contributed by atoms with Gasteiger partial charge in [-0.2, -0.15) is 0 Å². The van der Waals surface area contributed by atoms with E-state index in [0.29, 0.717) is 11.4 Å². The second-order valence-corrected chi connectivity index (χ2v) is 8.30. The summed E-state index contributed by atoms with van der Waals surface area (Å²) in [6, 6.07) is 11.4. The standard InChI is InChI=1S/C17H16Cl2N2O3S/c18-15-8-7-14(10-16(15)19)25(23,24)20-11-12-3-5-13(6-4-12)21-9-1-2-17(21)22/h3-8,10,20H,1-2,9,11H2. The van der Waals surface area contributed by atoms with Crippen LogP contribution in [-0.2, 0) is 21.4 Å². The topological polar surface area (TPSA) is 66.5 Å². The second kappa shape index (κ2) is 7.33. The maximum absolute atomic E-state index is 12.3. The smallest absolute Gasteiger partial charge is 0.240 e. The largest absolute Gasteiger partial charge is 0.312 e. The Morgan fingerprint density at radius 3 is 2.36 bits per heavy atom. The van der Waals surface area contributed by atoms with Gasteiger partial charge in [0.1, 0.15) is 0 Å². The molecular weight excluding hydrogens is 383 g/mol. The Morgan fingerprint density at radius 2 is 1.76 bits per heavy atom. The lowest BCUT2D eigenvalue weighted by Gasteiger charge is -2.16. The number of hydrogen-bond donors (Lipinski definition) is 1. The molecule has 1 heterocycles. The first-order valence-electron chi connectivity index (χ1n) is 7.71. The van der Waals surface area contributed by atoms with E-state index in [2.05, 4.69) is 4.72 Å². The van der Waals surface area contributed by atoms with Crippen molar-refractivity contribution in [2.75, 3.05) is 11.4 Å². The van der Waals surface area contributed by atoms with Gasteiger partial charge in [0.05, 0.1) is 14.9 Å². The first kappa shape index (κ1) is 18.2. The van der Waals surface area contributed by atoms with Gasteiger partial charge >= 0.3 is 0 Å². The molecule has 25 heavy (non-hydrogen) atoms. The highest BCUT2D eigenvalue weighted by Gasteiger charge is 2.21. The molecule has 0 atom stereocenters. The molecule has 2 aromatic carbocycles. The monoisotopic (exact) mass is 398 g/mol. The summed E-state index contributed by atoms with van der Waals surface area (Å²) in [6.45, 7) is 0.860. The second-order valence-electron chi connectivity index (χ2n) is 5.72. The fourth-order valence-electron chi connectivity index (χ4n) is 2.62. The molecule has 0 aromatic heterocycles. The molecule has 5 nitrogen and oxygen atoms in total. The number of amides is 1. The van der Waals surface area contributed by atoms with Crippen LogP contribution in [0.4, 0.5) is 5.69 Å². The lowest BCUT2D eigenvalue weighted by Crippen LogP contribution is -2.24. The van der Waals surface area contributed by atoms with Crippen LogP contribution in [-0.4, -0.2) is 20.9 Å². The number of rotatable bonds is 5. The summed E-state index contributed by atoms with van der Waals surface area (Å²) < 4.78 is 27.2. The van der Waals surface area contributed by atoms with Gasteiger partial charge in [-0.15, -0.1) is 0 Å². The third-order valence-electron chi connectivity index (χ3n) is 3.99. The maximum Gasteiger partial charge on any atom is 0.240 e. The van der Waals surface area contributed by atoms with Gasteiger partial charge in [-0.05, 0) is 42.3 Å². The Kier molecular flexibility index (Phi) is 5.34. The molecule has 0 spiro atoms. The van der Waals surface area contributed by atoms with E-state index in [-0.39, 0.29) is 22.4 Å². The minimum absolute atomic E-state index is 0.0567. The van der Waals surface area contributed by atoms with Crippen molar-refractivity contribution >= 4 is 44.8 Å². The number of anilines is 1.